The molecule has 3 aromatic heterocycles. The molecule has 3 heterocycles. The van der Waals surface area contributed by atoms with Gasteiger partial charge in [-0.2, -0.15) is 0 Å². The number of fused-ring (bicyclic) bond motifs is 1. The Hall–Kier alpha value is -1.71. The fourth-order valence-electron chi connectivity index (χ4n) is 2.01. The highest BCUT2D eigenvalue weighted by molar-refractivity contribution is 9.10. The SMILES string of the molecule is COCCn1c(C(=O)Nc2nncs2)cc2oc(Br)cc21. The van der Waals surface area contributed by atoms with Crippen molar-refractivity contribution in [1.29, 1.82) is 0 Å². The van der Waals surface area contributed by atoms with E-state index in [1.165, 1.54) is 11.3 Å². The van der Waals surface area contributed by atoms with Crippen LogP contribution in [0.4, 0.5) is 5.13 Å². The first-order chi connectivity index (χ1) is 10.2. The topological polar surface area (TPSA) is 82.2 Å². The molecule has 0 aromatic carbocycles. The molecule has 0 fully saturated rings. The summed E-state index contributed by atoms with van der Waals surface area (Å²) in [6.45, 7) is 1.04. The highest BCUT2D eigenvalue weighted by Gasteiger charge is 2.19. The summed E-state index contributed by atoms with van der Waals surface area (Å²) in [5.74, 6) is -0.259. The van der Waals surface area contributed by atoms with E-state index in [1.54, 1.807) is 18.7 Å². The van der Waals surface area contributed by atoms with Crippen LogP contribution in [0.1, 0.15) is 10.5 Å². The molecule has 1 N–H and O–H groups in total. The molecule has 0 saturated heterocycles. The van der Waals surface area contributed by atoms with E-state index in [2.05, 4.69) is 31.4 Å². The second-order valence-electron chi connectivity index (χ2n) is 4.17. The van der Waals surface area contributed by atoms with Crippen molar-refractivity contribution < 1.29 is 13.9 Å². The lowest BCUT2D eigenvalue weighted by Gasteiger charge is -2.08. The van der Waals surface area contributed by atoms with Gasteiger partial charge >= 0.3 is 0 Å². The van der Waals surface area contributed by atoms with Crippen LogP contribution in [-0.2, 0) is 11.3 Å². The highest BCUT2D eigenvalue weighted by atomic mass is 79.9. The number of ether oxygens (including phenoxy) is 1. The molecule has 0 aliphatic rings. The highest BCUT2D eigenvalue weighted by Crippen LogP contribution is 2.27. The molecule has 0 saturated carbocycles. The first-order valence-corrected chi connectivity index (χ1v) is 7.71. The second kappa shape index (κ2) is 5.96. The zero-order chi connectivity index (χ0) is 14.8. The van der Waals surface area contributed by atoms with Gasteiger partial charge in [0.05, 0.1) is 12.1 Å². The van der Waals surface area contributed by atoms with Crippen LogP contribution in [0.5, 0.6) is 0 Å². The van der Waals surface area contributed by atoms with Gasteiger partial charge < -0.3 is 13.7 Å². The van der Waals surface area contributed by atoms with Crippen LogP contribution in [0, 0.1) is 0 Å². The second-order valence-corrected chi connectivity index (χ2v) is 5.79. The van der Waals surface area contributed by atoms with E-state index in [0.29, 0.717) is 34.2 Å². The maximum atomic E-state index is 12.4. The number of nitrogens with zero attached hydrogens (tertiary/aromatic N) is 3. The number of aromatic nitrogens is 3. The summed E-state index contributed by atoms with van der Waals surface area (Å²) in [7, 11) is 1.62. The molecule has 110 valence electrons. The minimum absolute atomic E-state index is 0.259. The number of hydrogen-bond donors (Lipinski definition) is 1. The number of amides is 1. The van der Waals surface area contributed by atoms with Crippen LogP contribution in [0.15, 0.2) is 26.7 Å². The number of carbonyl (C=O) groups is 1. The molecular formula is C12H11BrN4O3S. The maximum absolute atomic E-state index is 12.4. The van der Waals surface area contributed by atoms with Gasteiger partial charge in [0.15, 0.2) is 10.3 Å². The molecule has 0 bridgehead atoms. The van der Waals surface area contributed by atoms with E-state index < -0.39 is 0 Å². The van der Waals surface area contributed by atoms with Crippen molar-refractivity contribution in [2.24, 2.45) is 0 Å². The Kier molecular flexibility index (Phi) is 4.04. The number of halogens is 1. The van der Waals surface area contributed by atoms with E-state index in [1.807, 2.05) is 10.6 Å². The molecule has 0 unspecified atom stereocenters. The average Bonchev–Trinajstić information content (AvgIpc) is 3.13. The molecule has 1 amide bonds. The van der Waals surface area contributed by atoms with Gasteiger partial charge in [-0.15, -0.1) is 10.2 Å². The Morgan fingerprint density at radius 3 is 3.14 bits per heavy atom. The summed E-state index contributed by atoms with van der Waals surface area (Å²) in [5.41, 5.74) is 3.52. The standard InChI is InChI=1S/C12H11BrN4O3S/c1-19-3-2-17-7-5-10(13)20-9(7)4-8(17)11(18)15-12-16-14-6-21-12/h4-6H,2-3H2,1H3,(H,15,16,18). The maximum Gasteiger partial charge on any atom is 0.274 e. The molecule has 3 rings (SSSR count). The van der Waals surface area contributed by atoms with E-state index in [9.17, 15) is 4.79 Å². The van der Waals surface area contributed by atoms with Gasteiger partial charge in [0.1, 0.15) is 11.2 Å². The van der Waals surface area contributed by atoms with Gasteiger partial charge in [-0.05, 0) is 15.9 Å². The molecule has 3 aromatic rings. The van der Waals surface area contributed by atoms with Crippen molar-refractivity contribution in [3.63, 3.8) is 0 Å². The summed E-state index contributed by atoms with van der Waals surface area (Å²) in [6.07, 6.45) is 0. The largest absolute Gasteiger partial charge is 0.448 e. The molecule has 0 aliphatic heterocycles. The molecule has 0 radical (unpaired) electrons. The Bertz CT molecular complexity index is 765. The van der Waals surface area contributed by atoms with Crippen molar-refractivity contribution in [1.82, 2.24) is 14.8 Å². The molecule has 0 aliphatic carbocycles. The number of methoxy groups -OCH3 is 1. The van der Waals surface area contributed by atoms with Gasteiger partial charge in [-0.25, -0.2) is 0 Å². The number of furan rings is 1. The van der Waals surface area contributed by atoms with Crippen LogP contribution in [0.25, 0.3) is 11.1 Å². The van der Waals surface area contributed by atoms with Gasteiger partial charge in [0.25, 0.3) is 5.91 Å². The molecule has 0 spiro atoms. The lowest BCUT2D eigenvalue weighted by molar-refractivity contribution is 0.101. The molecule has 7 nitrogen and oxygen atoms in total. The fraction of sp³-hybridized carbons (Fsp3) is 0.250. The Balaban J connectivity index is 1.95. The summed E-state index contributed by atoms with van der Waals surface area (Å²) in [5, 5.41) is 10.7. The number of anilines is 1. The third-order valence-corrected chi connectivity index (χ3v) is 3.89. The van der Waals surface area contributed by atoms with Crippen molar-refractivity contribution in [2.75, 3.05) is 19.0 Å². The van der Waals surface area contributed by atoms with E-state index in [-0.39, 0.29) is 5.91 Å². The van der Waals surface area contributed by atoms with Crippen LogP contribution >= 0.6 is 27.3 Å². The Morgan fingerprint density at radius 2 is 2.43 bits per heavy atom. The smallest absolute Gasteiger partial charge is 0.274 e. The third kappa shape index (κ3) is 2.85. The minimum atomic E-state index is -0.259. The number of carbonyl (C=O) groups excluding carboxylic acids is 1. The van der Waals surface area contributed by atoms with Crippen molar-refractivity contribution in [2.45, 2.75) is 6.54 Å². The van der Waals surface area contributed by atoms with Crippen LogP contribution in [0.2, 0.25) is 0 Å². The minimum Gasteiger partial charge on any atom is -0.448 e. The number of rotatable bonds is 5. The number of nitrogens with one attached hydrogen (secondary N) is 1. The van der Waals surface area contributed by atoms with E-state index >= 15 is 0 Å². The van der Waals surface area contributed by atoms with Crippen LogP contribution in [0.3, 0.4) is 0 Å². The van der Waals surface area contributed by atoms with Crippen molar-refractivity contribution in [3.05, 3.63) is 28.0 Å². The van der Waals surface area contributed by atoms with Gasteiger partial charge in [0.2, 0.25) is 5.13 Å². The summed E-state index contributed by atoms with van der Waals surface area (Å²) >= 11 is 4.55. The predicted octanol–water partition coefficient (Wildman–Crippen LogP) is 2.75. The lowest BCUT2D eigenvalue weighted by atomic mass is 10.4. The Labute approximate surface area is 132 Å². The zero-order valence-electron chi connectivity index (χ0n) is 11.0. The molecule has 0 atom stereocenters. The summed E-state index contributed by atoms with van der Waals surface area (Å²) < 4.78 is 13.1. The Morgan fingerprint density at radius 1 is 1.57 bits per heavy atom. The van der Waals surface area contributed by atoms with E-state index in [4.69, 9.17) is 9.15 Å². The summed E-state index contributed by atoms with van der Waals surface area (Å²) in [4.78, 5) is 12.4. The normalized spacial score (nSPS) is 11.1. The quantitative estimate of drug-likeness (QED) is 0.746. The monoisotopic (exact) mass is 370 g/mol. The lowest BCUT2D eigenvalue weighted by Crippen LogP contribution is -2.18. The van der Waals surface area contributed by atoms with Gasteiger partial charge in [-0.3, -0.25) is 10.1 Å². The predicted molar refractivity (Wildman–Crippen MR) is 81.6 cm³/mol. The molecular weight excluding hydrogens is 360 g/mol. The van der Waals surface area contributed by atoms with Gasteiger partial charge in [-0.1, -0.05) is 11.3 Å². The van der Waals surface area contributed by atoms with Crippen LogP contribution < -0.4 is 5.32 Å². The fourth-order valence-corrected chi connectivity index (χ4v) is 2.84. The van der Waals surface area contributed by atoms with E-state index in [0.717, 1.165) is 5.52 Å². The van der Waals surface area contributed by atoms with Gasteiger partial charge in [0, 0.05) is 25.8 Å². The average molecular weight is 371 g/mol. The van der Waals surface area contributed by atoms with Crippen molar-refractivity contribution in [3.8, 4) is 0 Å². The first-order valence-electron chi connectivity index (χ1n) is 6.04. The molecule has 21 heavy (non-hydrogen) atoms. The van der Waals surface area contributed by atoms with Crippen LogP contribution in [-0.4, -0.2) is 34.4 Å². The number of hydrogen-bond acceptors (Lipinski definition) is 6. The third-order valence-electron chi connectivity index (χ3n) is 2.89. The molecule has 9 heteroatoms. The first kappa shape index (κ1) is 14.2. The van der Waals surface area contributed by atoms with Crippen molar-refractivity contribution >= 4 is 49.4 Å². The summed E-state index contributed by atoms with van der Waals surface area (Å²) in [6, 6.07) is 3.53. The zero-order valence-corrected chi connectivity index (χ0v) is 13.4.